The van der Waals surface area contributed by atoms with Crippen LogP contribution in [0.15, 0.2) is 84.3 Å². The first-order valence-corrected chi connectivity index (χ1v) is 12.2. The fraction of sp³-hybridized carbons (Fsp3) is 0.107. The van der Waals surface area contributed by atoms with Gasteiger partial charge in [0.2, 0.25) is 5.91 Å². The largest absolute Gasteiger partial charge is 0.487 e. The molecule has 3 N–H and O–H groups in total. The minimum atomic E-state index is -0.364. The number of hydrogen-bond acceptors (Lipinski definition) is 5. The predicted molar refractivity (Wildman–Crippen MR) is 146 cm³/mol. The van der Waals surface area contributed by atoms with E-state index < -0.39 is 0 Å². The summed E-state index contributed by atoms with van der Waals surface area (Å²) >= 11 is 1.60. The number of thiazole rings is 1. The molecular weight excluding hydrogens is 472 g/mol. The molecule has 4 aromatic rings. The van der Waals surface area contributed by atoms with Crippen LogP contribution in [-0.2, 0) is 11.4 Å². The van der Waals surface area contributed by atoms with Crippen molar-refractivity contribution in [2.24, 2.45) is 0 Å². The monoisotopic (exact) mass is 498 g/mol. The van der Waals surface area contributed by atoms with E-state index in [4.69, 9.17) is 4.74 Å². The molecule has 0 aliphatic carbocycles. The third kappa shape index (κ3) is 7.28. The number of anilines is 3. The Morgan fingerprint density at radius 2 is 1.67 bits per heavy atom. The van der Waals surface area contributed by atoms with E-state index in [1.165, 1.54) is 6.08 Å². The van der Waals surface area contributed by atoms with Crippen LogP contribution in [0.4, 0.5) is 21.9 Å². The van der Waals surface area contributed by atoms with Crippen molar-refractivity contribution in [1.82, 2.24) is 4.98 Å². The average Bonchev–Trinajstić information content (AvgIpc) is 3.29. The molecule has 0 radical (unpaired) electrons. The number of nitrogens with zero attached hydrogens (tertiary/aromatic N) is 1. The molecule has 0 unspecified atom stereocenters. The van der Waals surface area contributed by atoms with Gasteiger partial charge in [0.05, 0.1) is 10.7 Å². The SMILES string of the molecule is Cc1nc(COc2ccc(C=CC(=O)Nc3cc(NC(=O)Nc4ccccc4)ccc3C)cc2)cs1. The number of benzene rings is 3. The number of carbonyl (C=O) groups excluding carboxylic acids is 2. The number of para-hydroxylation sites is 1. The minimum Gasteiger partial charge on any atom is -0.487 e. The second kappa shape index (κ2) is 11.8. The molecule has 3 amide bonds. The fourth-order valence-corrected chi connectivity index (χ4v) is 3.90. The van der Waals surface area contributed by atoms with Gasteiger partial charge in [-0.05, 0) is 67.4 Å². The highest BCUT2D eigenvalue weighted by Crippen LogP contribution is 2.21. The summed E-state index contributed by atoms with van der Waals surface area (Å²) in [5.41, 5.74) is 4.52. The summed E-state index contributed by atoms with van der Waals surface area (Å²) in [6.45, 7) is 4.27. The summed E-state index contributed by atoms with van der Waals surface area (Å²) < 4.78 is 5.76. The van der Waals surface area contributed by atoms with Gasteiger partial charge in [0.25, 0.3) is 0 Å². The van der Waals surface area contributed by atoms with E-state index in [2.05, 4.69) is 20.9 Å². The van der Waals surface area contributed by atoms with Crippen molar-refractivity contribution >= 4 is 46.4 Å². The standard InChI is InChI=1S/C28H26N4O3S/c1-19-8-12-23(31-28(34)30-22-6-4-3-5-7-22)16-26(19)32-27(33)15-11-21-9-13-25(14-10-21)35-17-24-18-36-20(2)29-24/h3-16,18H,17H2,1-2H3,(H,32,33)(H2,30,31,34). The molecule has 1 heterocycles. The van der Waals surface area contributed by atoms with Crippen LogP contribution in [0.5, 0.6) is 5.75 Å². The van der Waals surface area contributed by atoms with Crippen LogP contribution < -0.4 is 20.7 Å². The van der Waals surface area contributed by atoms with Gasteiger partial charge < -0.3 is 20.7 Å². The molecule has 0 aliphatic heterocycles. The summed E-state index contributed by atoms with van der Waals surface area (Å²) in [5, 5.41) is 11.4. The zero-order valence-electron chi connectivity index (χ0n) is 19.9. The lowest BCUT2D eigenvalue weighted by Crippen LogP contribution is -2.19. The summed E-state index contributed by atoms with van der Waals surface area (Å²) in [7, 11) is 0. The summed E-state index contributed by atoms with van der Waals surface area (Å²) in [4.78, 5) is 29.2. The molecular formula is C28H26N4O3S. The molecule has 0 fully saturated rings. The lowest BCUT2D eigenvalue weighted by Gasteiger charge is -2.11. The molecule has 7 nitrogen and oxygen atoms in total. The highest BCUT2D eigenvalue weighted by molar-refractivity contribution is 7.09. The maximum atomic E-state index is 12.5. The molecule has 3 aromatic carbocycles. The van der Waals surface area contributed by atoms with Gasteiger partial charge in [-0.25, -0.2) is 9.78 Å². The number of amides is 3. The van der Waals surface area contributed by atoms with Crippen molar-refractivity contribution in [2.75, 3.05) is 16.0 Å². The first-order chi connectivity index (χ1) is 17.4. The highest BCUT2D eigenvalue weighted by atomic mass is 32.1. The number of aryl methyl sites for hydroxylation is 2. The summed E-state index contributed by atoms with van der Waals surface area (Å²) in [5.74, 6) is 0.460. The molecule has 8 heteroatoms. The Bertz CT molecular complexity index is 1370. The Balaban J connectivity index is 1.30. The molecule has 0 aliphatic rings. The Kier molecular flexibility index (Phi) is 8.10. The Morgan fingerprint density at radius 1 is 0.917 bits per heavy atom. The van der Waals surface area contributed by atoms with E-state index >= 15 is 0 Å². The van der Waals surface area contributed by atoms with Crippen molar-refractivity contribution in [3.05, 3.63) is 106 Å². The van der Waals surface area contributed by atoms with E-state index in [9.17, 15) is 9.59 Å². The molecule has 0 atom stereocenters. The van der Waals surface area contributed by atoms with Gasteiger partial charge in [0.1, 0.15) is 12.4 Å². The van der Waals surface area contributed by atoms with Crippen LogP contribution in [0, 0.1) is 13.8 Å². The van der Waals surface area contributed by atoms with E-state index in [0.717, 1.165) is 27.6 Å². The fourth-order valence-electron chi connectivity index (χ4n) is 3.30. The third-order valence-electron chi connectivity index (χ3n) is 5.15. The summed E-state index contributed by atoms with van der Waals surface area (Å²) in [6.07, 6.45) is 3.20. The average molecular weight is 499 g/mol. The van der Waals surface area contributed by atoms with Gasteiger partial charge in [-0.2, -0.15) is 0 Å². The number of aromatic nitrogens is 1. The summed E-state index contributed by atoms with van der Waals surface area (Å²) in [6, 6.07) is 21.6. The van der Waals surface area contributed by atoms with Crippen LogP contribution >= 0.6 is 11.3 Å². The number of rotatable bonds is 8. The van der Waals surface area contributed by atoms with Gasteiger partial charge in [0, 0.05) is 28.5 Å². The minimum absolute atomic E-state index is 0.275. The van der Waals surface area contributed by atoms with Crippen LogP contribution in [0.25, 0.3) is 6.08 Å². The molecule has 0 spiro atoms. The number of urea groups is 1. The lowest BCUT2D eigenvalue weighted by molar-refractivity contribution is -0.111. The molecule has 182 valence electrons. The Morgan fingerprint density at radius 3 is 2.39 bits per heavy atom. The topological polar surface area (TPSA) is 92.3 Å². The maximum absolute atomic E-state index is 12.5. The molecule has 36 heavy (non-hydrogen) atoms. The number of carbonyl (C=O) groups is 2. The number of ether oxygens (including phenoxy) is 1. The zero-order valence-corrected chi connectivity index (χ0v) is 20.8. The Labute approximate surface area is 213 Å². The van der Waals surface area contributed by atoms with E-state index in [1.54, 1.807) is 41.7 Å². The smallest absolute Gasteiger partial charge is 0.323 e. The third-order valence-corrected chi connectivity index (χ3v) is 5.97. The molecule has 0 bridgehead atoms. The van der Waals surface area contributed by atoms with Gasteiger partial charge in [-0.1, -0.05) is 36.4 Å². The van der Waals surface area contributed by atoms with Crippen molar-refractivity contribution < 1.29 is 14.3 Å². The van der Waals surface area contributed by atoms with E-state index in [1.807, 2.05) is 67.8 Å². The second-order valence-corrected chi connectivity index (χ2v) is 9.08. The quantitative estimate of drug-likeness (QED) is 0.238. The molecule has 0 saturated carbocycles. The molecule has 4 rings (SSSR count). The zero-order chi connectivity index (χ0) is 25.3. The van der Waals surface area contributed by atoms with Crippen LogP contribution in [0.3, 0.4) is 0 Å². The van der Waals surface area contributed by atoms with E-state index in [0.29, 0.717) is 23.7 Å². The highest BCUT2D eigenvalue weighted by Gasteiger charge is 2.07. The number of hydrogen-bond donors (Lipinski definition) is 3. The van der Waals surface area contributed by atoms with E-state index in [-0.39, 0.29) is 11.9 Å². The van der Waals surface area contributed by atoms with Crippen molar-refractivity contribution in [2.45, 2.75) is 20.5 Å². The van der Waals surface area contributed by atoms with Crippen LogP contribution in [0.2, 0.25) is 0 Å². The number of nitrogens with one attached hydrogen (secondary N) is 3. The maximum Gasteiger partial charge on any atom is 0.323 e. The van der Waals surface area contributed by atoms with Gasteiger partial charge in [-0.3, -0.25) is 4.79 Å². The Hall–Kier alpha value is -4.43. The van der Waals surface area contributed by atoms with Crippen molar-refractivity contribution in [1.29, 1.82) is 0 Å². The lowest BCUT2D eigenvalue weighted by atomic mass is 10.1. The van der Waals surface area contributed by atoms with Crippen molar-refractivity contribution in [3.63, 3.8) is 0 Å². The van der Waals surface area contributed by atoms with Crippen LogP contribution in [0.1, 0.15) is 21.8 Å². The first-order valence-electron chi connectivity index (χ1n) is 11.3. The van der Waals surface area contributed by atoms with Gasteiger partial charge in [-0.15, -0.1) is 11.3 Å². The van der Waals surface area contributed by atoms with Crippen molar-refractivity contribution in [3.8, 4) is 5.75 Å². The van der Waals surface area contributed by atoms with Gasteiger partial charge in [0.15, 0.2) is 0 Å². The predicted octanol–water partition coefficient (Wildman–Crippen LogP) is 6.63. The molecule has 0 saturated heterocycles. The molecule has 1 aromatic heterocycles. The normalized spacial score (nSPS) is 10.7. The first kappa shape index (κ1) is 24.7. The van der Waals surface area contributed by atoms with Gasteiger partial charge >= 0.3 is 6.03 Å². The van der Waals surface area contributed by atoms with Crippen LogP contribution in [-0.4, -0.2) is 16.9 Å². The second-order valence-electron chi connectivity index (χ2n) is 8.01.